The van der Waals surface area contributed by atoms with Crippen molar-refractivity contribution < 1.29 is 64.9 Å². The molecular formula is C17H34N2O13. The molecule has 190 valence electrons. The topological polar surface area (TPSA) is 271 Å². The lowest BCUT2D eigenvalue weighted by molar-refractivity contribution is -0.350. The molecule has 0 radical (unpaired) electrons. The average molecular weight is 474 g/mol. The van der Waals surface area contributed by atoms with Crippen LogP contribution in [0.2, 0.25) is 0 Å². The summed E-state index contributed by atoms with van der Waals surface area (Å²) in [6.07, 6.45) is -18.1. The summed E-state index contributed by atoms with van der Waals surface area (Å²) in [5.74, 6) is 0. The fourth-order valence-electron chi connectivity index (χ4n) is 3.56. The summed E-state index contributed by atoms with van der Waals surface area (Å²) in [4.78, 5) is 0. The molecular weight excluding hydrogens is 440 g/mol. The van der Waals surface area contributed by atoms with Gasteiger partial charge in [0.1, 0.15) is 61.0 Å². The molecule has 2 heterocycles. The third-order valence-electron chi connectivity index (χ3n) is 5.52. The number of aliphatic hydroxyl groups excluding tert-OH is 9. The van der Waals surface area contributed by atoms with Crippen LogP contribution in [0, 0.1) is 0 Å². The Balaban J connectivity index is 2.14. The predicted octanol–water partition coefficient (Wildman–Crippen LogP) is -7.37. The smallest absolute Gasteiger partial charge is 0.187 e. The van der Waals surface area contributed by atoms with Crippen LogP contribution in [0.3, 0.4) is 0 Å². The second kappa shape index (κ2) is 12.2. The molecule has 2 rings (SSSR count). The van der Waals surface area contributed by atoms with Crippen LogP contribution in [-0.4, -0.2) is 152 Å². The van der Waals surface area contributed by atoms with E-state index in [2.05, 4.69) is 0 Å². The minimum Gasteiger partial charge on any atom is -0.394 e. The molecule has 2 aliphatic heterocycles. The summed E-state index contributed by atoms with van der Waals surface area (Å²) in [6, 6.07) is -1.35. The zero-order valence-electron chi connectivity index (χ0n) is 17.1. The van der Waals surface area contributed by atoms with Gasteiger partial charge in [-0.1, -0.05) is 0 Å². The van der Waals surface area contributed by atoms with Crippen molar-refractivity contribution in [2.24, 2.45) is 11.5 Å². The molecule has 0 spiro atoms. The van der Waals surface area contributed by atoms with E-state index >= 15 is 0 Å². The summed E-state index contributed by atoms with van der Waals surface area (Å²) in [6.45, 7) is -2.57. The van der Waals surface area contributed by atoms with Crippen LogP contribution in [0.1, 0.15) is 0 Å². The van der Waals surface area contributed by atoms with Gasteiger partial charge in [0.25, 0.3) is 0 Å². The highest BCUT2D eigenvalue weighted by Gasteiger charge is 2.50. The first-order valence-electron chi connectivity index (χ1n) is 10.1. The molecule has 2 saturated heterocycles. The van der Waals surface area contributed by atoms with Crippen molar-refractivity contribution in [2.75, 3.05) is 26.4 Å². The molecule has 2 fully saturated rings. The predicted molar refractivity (Wildman–Crippen MR) is 101 cm³/mol. The summed E-state index contributed by atoms with van der Waals surface area (Å²) in [5.41, 5.74) is 11.6. The van der Waals surface area contributed by atoms with Gasteiger partial charge < -0.3 is 76.4 Å². The summed E-state index contributed by atoms with van der Waals surface area (Å²) in [5, 5.41) is 87.9. The quantitative estimate of drug-likeness (QED) is 0.140. The largest absolute Gasteiger partial charge is 0.394 e. The van der Waals surface area contributed by atoms with Crippen molar-refractivity contribution in [1.29, 1.82) is 0 Å². The Bertz CT molecular complexity index is 549. The van der Waals surface area contributed by atoms with Crippen LogP contribution in [0.4, 0.5) is 0 Å². The number of hydrogen-bond acceptors (Lipinski definition) is 15. The number of hydrogen-bond donors (Lipinski definition) is 11. The van der Waals surface area contributed by atoms with Crippen molar-refractivity contribution >= 4 is 0 Å². The van der Waals surface area contributed by atoms with Crippen LogP contribution in [-0.2, 0) is 18.9 Å². The molecule has 15 heteroatoms. The molecule has 13 N–H and O–H groups in total. The van der Waals surface area contributed by atoms with Crippen molar-refractivity contribution in [1.82, 2.24) is 0 Å². The van der Waals surface area contributed by atoms with Crippen LogP contribution < -0.4 is 11.5 Å². The number of rotatable bonds is 10. The Morgan fingerprint density at radius 1 is 0.781 bits per heavy atom. The lowest BCUT2D eigenvalue weighted by atomic mass is 9.95. The Kier molecular flexibility index (Phi) is 10.5. The number of aliphatic hydroxyl groups is 9. The van der Waals surface area contributed by atoms with Gasteiger partial charge in [-0.05, 0) is 0 Å². The first kappa shape index (κ1) is 27.6. The molecule has 2 aliphatic rings. The maximum atomic E-state index is 10.7. The van der Waals surface area contributed by atoms with E-state index in [1.807, 2.05) is 0 Å². The van der Waals surface area contributed by atoms with Gasteiger partial charge in [-0.25, -0.2) is 0 Å². The normalized spacial score (nSPS) is 43.6. The van der Waals surface area contributed by atoms with Crippen LogP contribution in [0.15, 0.2) is 0 Å². The highest BCUT2D eigenvalue weighted by atomic mass is 16.7. The molecule has 0 aromatic rings. The minimum absolute atomic E-state index is 0.262. The highest BCUT2D eigenvalue weighted by Crippen LogP contribution is 2.29. The number of nitrogens with two attached hydrogens (primary N) is 2. The van der Waals surface area contributed by atoms with Gasteiger partial charge in [0.2, 0.25) is 0 Å². The molecule has 0 amide bonds. The first-order valence-corrected chi connectivity index (χ1v) is 10.1. The van der Waals surface area contributed by atoms with Gasteiger partial charge in [0.05, 0.1) is 25.9 Å². The maximum Gasteiger partial charge on any atom is 0.187 e. The van der Waals surface area contributed by atoms with Gasteiger partial charge >= 0.3 is 0 Å². The summed E-state index contributed by atoms with van der Waals surface area (Å²) < 4.78 is 21.8. The van der Waals surface area contributed by atoms with E-state index in [0.29, 0.717) is 0 Å². The third kappa shape index (κ3) is 5.90. The van der Waals surface area contributed by atoms with Crippen molar-refractivity contribution in [2.45, 2.75) is 79.7 Å². The van der Waals surface area contributed by atoms with Gasteiger partial charge in [-0.2, -0.15) is 0 Å². The van der Waals surface area contributed by atoms with Gasteiger partial charge in [-0.3, -0.25) is 0 Å². The molecule has 13 atom stereocenters. The molecule has 0 bridgehead atoms. The minimum atomic E-state index is -1.74. The van der Waals surface area contributed by atoms with Crippen molar-refractivity contribution in [3.05, 3.63) is 0 Å². The lowest BCUT2D eigenvalue weighted by Crippen LogP contribution is -2.67. The van der Waals surface area contributed by atoms with E-state index in [4.69, 9.17) is 40.6 Å². The van der Waals surface area contributed by atoms with E-state index < -0.39 is 99.5 Å². The number of ether oxygens (including phenoxy) is 4. The highest BCUT2D eigenvalue weighted by molar-refractivity contribution is 4.96. The van der Waals surface area contributed by atoms with E-state index in [1.54, 1.807) is 0 Å². The van der Waals surface area contributed by atoms with Crippen LogP contribution in [0.5, 0.6) is 0 Å². The van der Waals surface area contributed by atoms with E-state index in [9.17, 15) is 35.7 Å². The Morgan fingerprint density at radius 3 is 1.84 bits per heavy atom. The van der Waals surface area contributed by atoms with Gasteiger partial charge in [-0.15, -0.1) is 0 Å². The fraction of sp³-hybridized carbons (Fsp3) is 1.00. The van der Waals surface area contributed by atoms with Crippen molar-refractivity contribution in [3.63, 3.8) is 0 Å². The molecule has 1 unspecified atom stereocenters. The molecule has 32 heavy (non-hydrogen) atoms. The Morgan fingerprint density at radius 2 is 1.34 bits per heavy atom. The van der Waals surface area contributed by atoms with Crippen LogP contribution in [0.25, 0.3) is 0 Å². The van der Waals surface area contributed by atoms with E-state index in [0.717, 1.165) is 0 Å². The molecule has 0 aromatic carbocycles. The van der Waals surface area contributed by atoms with Gasteiger partial charge in [0, 0.05) is 6.54 Å². The van der Waals surface area contributed by atoms with Gasteiger partial charge in [0.15, 0.2) is 12.6 Å². The SMILES string of the molecule is NC[C@@H]1O[C@H](OC([C@H](O)CO)[C@@H](O)CO)[C@H](N)[C@@H](O)[C@@H]1O[C@H]1O[C@H](CO)[C@@H](O)[C@H](O)[C@@H]1O. The van der Waals surface area contributed by atoms with E-state index in [1.165, 1.54) is 0 Å². The Labute approximate surface area is 183 Å². The second-order valence-electron chi connectivity index (χ2n) is 7.75. The monoisotopic (exact) mass is 474 g/mol. The van der Waals surface area contributed by atoms with E-state index in [-0.39, 0.29) is 6.54 Å². The molecule has 0 aromatic heterocycles. The zero-order chi connectivity index (χ0) is 24.2. The third-order valence-corrected chi connectivity index (χ3v) is 5.52. The molecule has 0 saturated carbocycles. The molecule has 15 nitrogen and oxygen atoms in total. The Hall–Kier alpha value is -0.600. The second-order valence-corrected chi connectivity index (χ2v) is 7.75. The van der Waals surface area contributed by atoms with Crippen LogP contribution >= 0.6 is 0 Å². The zero-order valence-corrected chi connectivity index (χ0v) is 17.1. The van der Waals surface area contributed by atoms with Crippen molar-refractivity contribution in [3.8, 4) is 0 Å². The average Bonchev–Trinajstić information content (AvgIpc) is 2.80. The summed E-state index contributed by atoms with van der Waals surface area (Å²) >= 11 is 0. The standard InChI is InChI=1S/C17H34N2O13/c18-1-7-15(32-17-13(28)12(27)10(25)8(4-22)30-17)11(26)9(19)16(29-7)31-14(5(23)2-20)6(24)3-21/h5-17,20-28H,1-4,18-19H2/t5-,6+,7-,8+,9+,10+,11+,12-,13-,14?,15+,16+,17+/m0/s1. The molecule has 0 aliphatic carbocycles. The summed E-state index contributed by atoms with van der Waals surface area (Å²) in [7, 11) is 0. The maximum absolute atomic E-state index is 10.7. The fourth-order valence-corrected chi connectivity index (χ4v) is 3.56. The first-order chi connectivity index (χ1) is 15.1. The lowest BCUT2D eigenvalue weighted by Gasteiger charge is -2.47.